The van der Waals surface area contributed by atoms with Crippen LogP contribution in [0.15, 0.2) is 42.5 Å². The molecule has 0 unspecified atom stereocenters. The lowest BCUT2D eigenvalue weighted by Crippen LogP contribution is -2.47. The lowest BCUT2D eigenvalue weighted by molar-refractivity contribution is 0.103. The Morgan fingerprint density at radius 3 is 2.31 bits per heavy atom. The molecule has 0 saturated carbocycles. The first-order chi connectivity index (χ1) is 13.9. The summed E-state index contributed by atoms with van der Waals surface area (Å²) in [5, 5.41) is 9.00. The Bertz CT molecular complexity index is 818. The third-order valence-electron chi connectivity index (χ3n) is 4.76. The fraction of sp³-hybridized carbons (Fsp3) is 0.409. The van der Waals surface area contributed by atoms with Crippen LogP contribution in [0.1, 0.15) is 25.0 Å². The summed E-state index contributed by atoms with van der Waals surface area (Å²) in [6.45, 7) is 6.93. The van der Waals surface area contributed by atoms with Crippen molar-refractivity contribution < 1.29 is 23.8 Å². The van der Waals surface area contributed by atoms with E-state index in [0.29, 0.717) is 44.0 Å². The van der Waals surface area contributed by atoms with Crippen LogP contribution in [0.2, 0.25) is 0 Å². The lowest BCUT2D eigenvalue weighted by Gasteiger charge is -2.33. The monoisotopic (exact) mass is 402 g/mol. The number of rotatable bonds is 7. The third kappa shape index (κ3) is 6.09. The van der Waals surface area contributed by atoms with Crippen LogP contribution >= 0.6 is 0 Å². The molecule has 0 aliphatic carbocycles. The first kappa shape index (κ1) is 20.9. The van der Waals surface area contributed by atoms with Crippen molar-refractivity contribution in [1.82, 2.24) is 9.80 Å². The summed E-state index contributed by atoms with van der Waals surface area (Å²) < 4.78 is 25.8. The van der Waals surface area contributed by atoms with Crippen LogP contribution in [0.5, 0.6) is 11.5 Å². The highest BCUT2D eigenvalue weighted by atomic mass is 19.1. The fourth-order valence-corrected chi connectivity index (χ4v) is 3.21. The number of ether oxygens (including phenoxy) is 2. The highest BCUT2D eigenvalue weighted by Crippen LogP contribution is 2.21. The van der Waals surface area contributed by atoms with E-state index in [9.17, 15) is 9.18 Å². The van der Waals surface area contributed by atoms with Crippen molar-refractivity contribution in [2.45, 2.75) is 33.1 Å². The first-order valence-electron chi connectivity index (χ1n) is 9.78. The molecule has 7 heteroatoms. The molecule has 3 rings (SSSR count). The molecule has 156 valence electrons. The Labute approximate surface area is 170 Å². The quantitative estimate of drug-likeness (QED) is 0.759. The lowest BCUT2D eigenvalue weighted by atomic mass is 10.1. The zero-order valence-electron chi connectivity index (χ0n) is 16.8. The summed E-state index contributed by atoms with van der Waals surface area (Å²) in [5.41, 5.74) is 1.36. The molecule has 0 bridgehead atoms. The van der Waals surface area contributed by atoms with Crippen LogP contribution in [-0.2, 0) is 13.2 Å². The summed E-state index contributed by atoms with van der Waals surface area (Å²) in [4.78, 5) is 14.5. The molecule has 1 saturated heterocycles. The maximum absolute atomic E-state index is 14.5. The average Bonchev–Trinajstić information content (AvgIpc) is 2.68. The van der Waals surface area contributed by atoms with Gasteiger partial charge in [0.1, 0.15) is 23.9 Å². The third-order valence-corrected chi connectivity index (χ3v) is 4.76. The summed E-state index contributed by atoms with van der Waals surface area (Å²) in [7, 11) is 0. The Hall–Kier alpha value is -2.80. The molecular formula is C22H27FN2O4. The molecule has 0 atom stereocenters. The molecule has 2 aromatic rings. The minimum absolute atomic E-state index is 0.107. The van der Waals surface area contributed by atoms with E-state index >= 15 is 0 Å². The van der Waals surface area contributed by atoms with Gasteiger partial charge in [0, 0.05) is 38.3 Å². The van der Waals surface area contributed by atoms with Crippen molar-refractivity contribution >= 4 is 6.09 Å². The Balaban J connectivity index is 1.51. The second-order valence-corrected chi connectivity index (χ2v) is 7.40. The van der Waals surface area contributed by atoms with E-state index in [2.05, 4.69) is 4.90 Å². The highest BCUT2D eigenvalue weighted by Gasteiger charge is 2.20. The van der Waals surface area contributed by atoms with Gasteiger partial charge in [-0.25, -0.2) is 9.18 Å². The standard InChI is InChI=1S/C22H27FN2O4/c1-16(2)29-20-7-5-19(6-8-20)28-15-18-4-3-17(13-21(18)23)14-24-9-11-25(12-10-24)22(26)27/h3-8,13,16H,9-12,14-15H2,1-2H3,(H,26,27). The zero-order chi connectivity index (χ0) is 20.8. The largest absolute Gasteiger partial charge is 0.491 e. The van der Waals surface area contributed by atoms with Gasteiger partial charge in [0.15, 0.2) is 0 Å². The van der Waals surface area contributed by atoms with E-state index in [0.717, 1.165) is 11.3 Å². The summed E-state index contributed by atoms with van der Waals surface area (Å²) in [6.07, 6.45) is -0.780. The Morgan fingerprint density at radius 2 is 1.72 bits per heavy atom. The van der Waals surface area contributed by atoms with Gasteiger partial charge in [-0.2, -0.15) is 0 Å². The van der Waals surface area contributed by atoms with Crippen LogP contribution in [-0.4, -0.2) is 53.3 Å². The molecule has 0 spiro atoms. The van der Waals surface area contributed by atoms with Crippen molar-refractivity contribution in [3.8, 4) is 11.5 Å². The topological polar surface area (TPSA) is 62.2 Å². The van der Waals surface area contributed by atoms with Gasteiger partial charge >= 0.3 is 6.09 Å². The van der Waals surface area contributed by atoms with E-state index in [1.54, 1.807) is 18.2 Å². The molecule has 0 radical (unpaired) electrons. The number of hydrogen-bond acceptors (Lipinski definition) is 4. The van der Waals surface area contributed by atoms with Gasteiger partial charge in [-0.1, -0.05) is 12.1 Å². The molecule has 1 N–H and O–H groups in total. The number of benzene rings is 2. The number of nitrogens with zero attached hydrogens (tertiary/aromatic N) is 2. The van der Waals surface area contributed by atoms with E-state index < -0.39 is 6.09 Å². The van der Waals surface area contributed by atoms with E-state index in [1.165, 1.54) is 11.0 Å². The smallest absolute Gasteiger partial charge is 0.407 e. The second-order valence-electron chi connectivity index (χ2n) is 7.40. The Morgan fingerprint density at radius 1 is 1.07 bits per heavy atom. The first-order valence-corrected chi connectivity index (χ1v) is 9.78. The van der Waals surface area contributed by atoms with E-state index in [-0.39, 0.29) is 18.5 Å². The number of piperazine rings is 1. The summed E-state index contributed by atoms with van der Waals surface area (Å²) in [5.74, 6) is 1.12. The Kier molecular flexibility index (Phi) is 6.93. The molecule has 1 aliphatic heterocycles. The van der Waals surface area contributed by atoms with Crippen LogP contribution in [0, 0.1) is 5.82 Å². The normalized spacial score (nSPS) is 14.8. The van der Waals surface area contributed by atoms with Gasteiger partial charge in [0.05, 0.1) is 6.10 Å². The van der Waals surface area contributed by atoms with Gasteiger partial charge in [-0.15, -0.1) is 0 Å². The molecular weight excluding hydrogens is 375 g/mol. The molecule has 2 aromatic carbocycles. The van der Waals surface area contributed by atoms with Crippen LogP contribution in [0.4, 0.5) is 9.18 Å². The number of carboxylic acid groups (broad SMARTS) is 1. The van der Waals surface area contributed by atoms with Gasteiger partial charge in [-0.3, -0.25) is 4.90 Å². The molecule has 1 aliphatic rings. The predicted octanol–water partition coefficient (Wildman–Crippen LogP) is 3.99. The minimum atomic E-state index is -0.887. The minimum Gasteiger partial charge on any atom is -0.491 e. The van der Waals surface area contributed by atoms with Crippen molar-refractivity contribution in [2.75, 3.05) is 26.2 Å². The summed E-state index contributed by atoms with van der Waals surface area (Å²) >= 11 is 0. The highest BCUT2D eigenvalue weighted by molar-refractivity contribution is 5.65. The average molecular weight is 402 g/mol. The molecule has 0 aromatic heterocycles. The van der Waals surface area contributed by atoms with Crippen molar-refractivity contribution in [2.24, 2.45) is 0 Å². The van der Waals surface area contributed by atoms with E-state index in [4.69, 9.17) is 14.6 Å². The molecule has 1 fully saturated rings. The maximum atomic E-state index is 14.5. The maximum Gasteiger partial charge on any atom is 0.407 e. The van der Waals surface area contributed by atoms with Gasteiger partial charge in [-0.05, 0) is 49.7 Å². The van der Waals surface area contributed by atoms with Crippen LogP contribution in [0.25, 0.3) is 0 Å². The molecule has 1 heterocycles. The van der Waals surface area contributed by atoms with Crippen LogP contribution in [0.3, 0.4) is 0 Å². The molecule has 1 amide bonds. The number of amides is 1. The number of hydrogen-bond donors (Lipinski definition) is 1. The second kappa shape index (κ2) is 9.60. The number of carbonyl (C=O) groups is 1. The van der Waals surface area contributed by atoms with E-state index in [1.807, 2.05) is 32.0 Å². The molecule has 6 nitrogen and oxygen atoms in total. The SMILES string of the molecule is CC(C)Oc1ccc(OCc2ccc(CN3CCN(C(=O)O)CC3)cc2F)cc1. The predicted molar refractivity (Wildman–Crippen MR) is 108 cm³/mol. The zero-order valence-corrected chi connectivity index (χ0v) is 16.8. The van der Waals surface area contributed by atoms with Crippen molar-refractivity contribution in [3.05, 3.63) is 59.4 Å². The van der Waals surface area contributed by atoms with Gasteiger partial charge < -0.3 is 19.5 Å². The van der Waals surface area contributed by atoms with Gasteiger partial charge in [0.2, 0.25) is 0 Å². The van der Waals surface area contributed by atoms with Gasteiger partial charge in [0.25, 0.3) is 0 Å². The van der Waals surface area contributed by atoms with Crippen molar-refractivity contribution in [3.63, 3.8) is 0 Å². The number of halogens is 1. The van der Waals surface area contributed by atoms with Crippen molar-refractivity contribution in [1.29, 1.82) is 0 Å². The molecule has 29 heavy (non-hydrogen) atoms. The van der Waals surface area contributed by atoms with Crippen LogP contribution < -0.4 is 9.47 Å². The summed E-state index contributed by atoms with van der Waals surface area (Å²) in [6, 6.07) is 12.4. The fourth-order valence-electron chi connectivity index (χ4n) is 3.21.